The first-order valence-electron chi connectivity index (χ1n) is 15.2. The summed E-state index contributed by atoms with van der Waals surface area (Å²) >= 11 is 0. The van der Waals surface area contributed by atoms with Crippen molar-refractivity contribution < 1.29 is 32.3 Å². The number of anilines is 2. The molecule has 1 atom stereocenters. The summed E-state index contributed by atoms with van der Waals surface area (Å²) < 4.78 is 46.4. The maximum Gasteiger partial charge on any atom is 0.417 e. The number of ether oxygens (including phenoxy) is 1. The number of alkyl halides is 3. The number of benzene rings is 2. The fraction of sp³-hybridized carbons (Fsp3) is 0.412. The number of hydrogen-bond donors (Lipinski definition) is 1. The van der Waals surface area contributed by atoms with Crippen LogP contribution < -0.4 is 19.9 Å². The van der Waals surface area contributed by atoms with E-state index >= 15 is 0 Å². The van der Waals surface area contributed by atoms with Crippen LogP contribution in [-0.4, -0.2) is 67.9 Å². The number of likely N-dealkylation sites (N-methyl/N-ethyl adjacent to an activating group) is 1. The van der Waals surface area contributed by atoms with Gasteiger partial charge in [-0.25, -0.2) is 0 Å². The Labute approximate surface area is 267 Å². The minimum atomic E-state index is -4.63. The molecule has 0 aliphatic carbocycles. The van der Waals surface area contributed by atoms with Gasteiger partial charge in [0.25, 0.3) is 5.91 Å². The largest absolute Gasteiger partial charge is 0.494 e. The van der Waals surface area contributed by atoms with E-state index in [1.54, 1.807) is 56.4 Å². The van der Waals surface area contributed by atoms with E-state index in [0.29, 0.717) is 49.7 Å². The van der Waals surface area contributed by atoms with Gasteiger partial charge in [0.1, 0.15) is 11.2 Å². The molecule has 1 N–H and O–H groups in total. The molecule has 0 saturated heterocycles. The molecule has 3 aromatic rings. The third kappa shape index (κ3) is 7.50. The van der Waals surface area contributed by atoms with Crippen LogP contribution in [0.2, 0.25) is 0 Å². The van der Waals surface area contributed by atoms with Gasteiger partial charge in [0.2, 0.25) is 11.8 Å². The molecule has 2 aromatic carbocycles. The summed E-state index contributed by atoms with van der Waals surface area (Å²) in [4.78, 5) is 47.6. The quantitative estimate of drug-likeness (QED) is 0.201. The lowest BCUT2D eigenvalue weighted by Crippen LogP contribution is -2.47. The molecule has 246 valence electrons. The first kappa shape index (κ1) is 34.4. The van der Waals surface area contributed by atoms with Crippen LogP contribution in [0.1, 0.15) is 61.1 Å². The standard InChI is InChI=1S/C34H40F3N5O4/c1-6-42-28-14-13-24(22-29(28)41(5)31(44)33(2,3)32(42)45)46-21-9-12-27(23-15-17-38-18-16-23)39-19-20-40(4)30(43)25-10-7-8-11-26(25)34(35,36)37/h7-8,10-11,13-18,22,27,39H,6,9,12,19-21H2,1-5H3. The lowest BCUT2D eigenvalue weighted by Gasteiger charge is -2.27. The highest BCUT2D eigenvalue weighted by molar-refractivity contribution is 6.20. The molecule has 0 spiro atoms. The minimum Gasteiger partial charge on any atom is -0.494 e. The van der Waals surface area contributed by atoms with Gasteiger partial charge in [0.15, 0.2) is 0 Å². The van der Waals surface area contributed by atoms with Crippen LogP contribution in [0, 0.1) is 5.41 Å². The van der Waals surface area contributed by atoms with E-state index in [4.69, 9.17) is 4.74 Å². The number of pyridine rings is 1. The van der Waals surface area contributed by atoms with Crippen LogP contribution in [0.5, 0.6) is 5.75 Å². The predicted octanol–water partition coefficient (Wildman–Crippen LogP) is 5.72. The molecule has 1 unspecified atom stereocenters. The molecule has 1 aliphatic heterocycles. The Kier molecular flexibility index (Phi) is 10.7. The molecule has 9 nitrogen and oxygen atoms in total. The topological polar surface area (TPSA) is 95.1 Å². The normalized spacial score (nSPS) is 15.3. The molecule has 12 heteroatoms. The number of rotatable bonds is 12. The van der Waals surface area contributed by atoms with Crippen molar-refractivity contribution in [2.75, 3.05) is 50.1 Å². The van der Waals surface area contributed by atoms with E-state index in [2.05, 4.69) is 10.3 Å². The summed E-state index contributed by atoms with van der Waals surface area (Å²) in [5.74, 6) is -0.688. The first-order valence-corrected chi connectivity index (χ1v) is 15.2. The van der Waals surface area contributed by atoms with Crippen molar-refractivity contribution in [3.05, 3.63) is 83.7 Å². The Bertz CT molecular complexity index is 1550. The number of aromatic nitrogens is 1. The zero-order chi connectivity index (χ0) is 33.6. The Hall–Kier alpha value is -4.45. The van der Waals surface area contributed by atoms with Crippen molar-refractivity contribution in [2.45, 2.75) is 45.8 Å². The van der Waals surface area contributed by atoms with Crippen LogP contribution in [0.3, 0.4) is 0 Å². The van der Waals surface area contributed by atoms with Gasteiger partial charge < -0.3 is 24.8 Å². The number of fused-ring (bicyclic) bond motifs is 1. The van der Waals surface area contributed by atoms with Crippen molar-refractivity contribution in [3.63, 3.8) is 0 Å². The predicted molar refractivity (Wildman–Crippen MR) is 170 cm³/mol. The van der Waals surface area contributed by atoms with Gasteiger partial charge in [-0.05, 0) is 75.6 Å². The second kappa shape index (κ2) is 14.3. The van der Waals surface area contributed by atoms with Crippen molar-refractivity contribution in [1.29, 1.82) is 0 Å². The van der Waals surface area contributed by atoms with Crippen molar-refractivity contribution in [2.24, 2.45) is 5.41 Å². The Balaban J connectivity index is 1.37. The third-order valence-electron chi connectivity index (χ3n) is 8.20. The SMILES string of the molecule is CCN1C(=O)C(C)(C)C(=O)N(C)c2cc(OCCCC(NCCN(C)C(=O)c3ccccc3C(F)(F)F)c3ccncc3)ccc21. The molecule has 3 amide bonds. The van der Waals surface area contributed by atoms with Gasteiger partial charge in [0.05, 0.1) is 29.1 Å². The summed E-state index contributed by atoms with van der Waals surface area (Å²) in [7, 11) is 3.14. The van der Waals surface area contributed by atoms with E-state index in [1.165, 1.54) is 35.0 Å². The van der Waals surface area contributed by atoms with E-state index in [-0.39, 0.29) is 30.0 Å². The zero-order valence-corrected chi connectivity index (χ0v) is 26.7. The summed E-state index contributed by atoms with van der Waals surface area (Å²) in [6, 6.07) is 13.8. The smallest absolute Gasteiger partial charge is 0.417 e. The molecule has 46 heavy (non-hydrogen) atoms. The zero-order valence-electron chi connectivity index (χ0n) is 26.7. The fourth-order valence-corrected chi connectivity index (χ4v) is 5.56. The number of nitrogens with zero attached hydrogens (tertiary/aromatic N) is 4. The molecule has 4 rings (SSSR count). The van der Waals surface area contributed by atoms with E-state index in [0.717, 1.165) is 11.6 Å². The molecular formula is C34H40F3N5O4. The number of nitrogens with one attached hydrogen (secondary N) is 1. The van der Waals surface area contributed by atoms with Crippen LogP contribution in [0.15, 0.2) is 67.0 Å². The highest BCUT2D eigenvalue weighted by atomic mass is 19.4. The molecular weight excluding hydrogens is 599 g/mol. The summed E-state index contributed by atoms with van der Waals surface area (Å²) in [6.07, 6.45) is 0.0461. The van der Waals surface area contributed by atoms with Crippen molar-refractivity contribution in [1.82, 2.24) is 15.2 Å². The molecule has 0 saturated carbocycles. The van der Waals surface area contributed by atoms with Crippen LogP contribution in [-0.2, 0) is 15.8 Å². The Morgan fingerprint density at radius 1 is 1.04 bits per heavy atom. The van der Waals surface area contributed by atoms with Crippen LogP contribution in [0.4, 0.5) is 24.5 Å². The number of halogens is 3. The number of carbonyl (C=O) groups excluding carboxylic acids is 3. The third-order valence-corrected chi connectivity index (χ3v) is 8.20. The highest BCUT2D eigenvalue weighted by Gasteiger charge is 2.45. The second-order valence-corrected chi connectivity index (χ2v) is 11.7. The van der Waals surface area contributed by atoms with Gasteiger partial charge in [-0.2, -0.15) is 13.2 Å². The first-order chi connectivity index (χ1) is 21.8. The lowest BCUT2D eigenvalue weighted by atomic mass is 9.90. The number of hydrogen-bond acceptors (Lipinski definition) is 6. The maximum atomic E-state index is 13.4. The monoisotopic (exact) mass is 639 g/mol. The Morgan fingerprint density at radius 2 is 1.74 bits per heavy atom. The highest BCUT2D eigenvalue weighted by Crippen LogP contribution is 2.40. The van der Waals surface area contributed by atoms with Crippen molar-refractivity contribution >= 4 is 29.1 Å². The number of carbonyl (C=O) groups is 3. The van der Waals surface area contributed by atoms with Crippen LogP contribution in [0.25, 0.3) is 0 Å². The minimum absolute atomic E-state index is 0.125. The van der Waals surface area contributed by atoms with E-state index in [1.807, 2.05) is 19.1 Å². The summed E-state index contributed by atoms with van der Waals surface area (Å²) in [5, 5.41) is 3.42. The van der Waals surface area contributed by atoms with Crippen LogP contribution >= 0.6 is 0 Å². The second-order valence-electron chi connectivity index (χ2n) is 11.7. The molecule has 0 radical (unpaired) electrons. The molecule has 2 heterocycles. The average Bonchev–Trinajstić information content (AvgIpc) is 3.09. The molecule has 0 fully saturated rings. The summed E-state index contributed by atoms with van der Waals surface area (Å²) in [5.41, 5.74) is -0.322. The molecule has 0 bridgehead atoms. The Morgan fingerprint density at radius 3 is 2.41 bits per heavy atom. The van der Waals surface area contributed by atoms with E-state index < -0.39 is 23.1 Å². The number of amides is 3. The van der Waals surface area contributed by atoms with Gasteiger partial charge >= 0.3 is 6.18 Å². The van der Waals surface area contributed by atoms with E-state index in [9.17, 15) is 27.6 Å². The maximum absolute atomic E-state index is 13.4. The van der Waals surface area contributed by atoms with Gasteiger partial charge in [0, 0.05) is 58.2 Å². The van der Waals surface area contributed by atoms with Gasteiger partial charge in [-0.1, -0.05) is 12.1 Å². The average molecular weight is 640 g/mol. The summed E-state index contributed by atoms with van der Waals surface area (Å²) in [6.45, 7) is 6.47. The molecule has 1 aromatic heterocycles. The lowest BCUT2D eigenvalue weighted by molar-refractivity contribution is -0.138. The van der Waals surface area contributed by atoms with Gasteiger partial charge in [-0.15, -0.1) is 0 Å². The fourth-order valence-electron chi connectivity index (χ4n) is 5.56. The van der Waals surface area contributed by atoms with Gasteiger partial charge in [-0.3, -0.25) is 19.4 Å². The van der Waals surface area contributed by atoms with Crippen molar-refractivity contribution in [3.8, 4) is 5.75 Å². The molecule has 1 aliphatic rings.